The number of thioether (sulfide) groups is 1. The van der Waals surface area contributed by atoms with Gasteiger partial charge in [0.2, 0.25) is 0 Å². The molecule has 0 saturated heterocycles. The number of nitrogens with one attached hydrogen (secondary N) is 1. The predicted molar refractivity (Wildman–Crippen MR) is 99.3 cm³/mol. The normalized spacial score (nSPS) is 11.4. The number of halogens is 3. The second-order valence-electron chi connectivity index (χ2n) is 5.60. The number of nitrogens with zero attached hydrogens (tertiary/aromatic N) is 1. The predicted octanol–water partition coefficient (Wildman–Crippen LogP) is 5.42. The van der Waals surface area contributed by atoms with Gasteiger partial charge in [0.15, 0.2) is 11.8 Å². The summed E-state index contributed by atoms with van der Waals surface area (Å²) < 4.78 is 49.8. The Bertz CT molecular complexity index is 831. The molecule has 0 bridgehead atoms. The zero-order valence-electron chi connectivity index (χ0n) is 14.6. The smallest absolute Gasteiger partial charge is 0.328 e. The van der Waals surface area contributed by atoms with Crippen molar-refractivity contribution >= 4 is 11.8 Å². The first-order valence-corrected chi connectivity index (χ1v) is 8.79. The molecule has 0 atom stereocenters. The number of alkyl halides is 3. The highest BCUT2D eigenvalue weighted by Gasteiger charge is 2.32. The van der Waals surface area contributed by atoms with Crippen LogP contribution in [0, 0.1) is 0 Å². The highest BCUT2D eigenvalue weighted by atomic mass is 32.2. The fourth-order valence-corrected chi connectivity index (χ4v) is 3.12. The molecule has 0 aliphatic carbocycles. The summed E-state index contributed by atoms with van der Waals surface area (Å²) in [5, 5.41) is -3.61. The number of imidazole rings is 1. The van der Waals surface area contributed by atoms with Crippen molar-refractivity contribution in [1.82, 2.24) is 9.97 Å². The van der Waals surface area contributed by atoms with Crippen LogP contribution in [0.25, 0.3) is 22.5 Å². The van der Waals surface area contributed by atoms with Crippen LogP contribution in [0.3, 0.4) is 0 Å². The lowest BCUT2D eigenvalue weighted by Gasteiger charge is -2.08. The van der Waals surface area contributed by atoms with Gasteiger partial charge in [-0.1, -0.05) is 0 Å². The molecular weight excluding hydrogens is 377 g/mol. The molecule has 3 aromatic rings. The summed E-state index contributed by atoms with van der Waals surface area (Å²) in [6.07, 6.45) is 0. The van der Waals surface area contributed by atoms with Crippen molar-refractivity contribution in [2.24, 2.45) is 0 Å². The van der Waals surface area contributed by atoms with Gasteiger partial charge in [0.1, 0.15) is 11.5 Å². The van der Waals surface area contributed by atoms with Crippen LogP contribution in [0.4, 0.5) is 13.2 Å². The molecule has 0 fully saturated rings. The van der Waals surface area contributed by atoms with Gasteiger partial charge in [0, 0.05) is 11.1 Å². The fraction of sp³-hybridized carbons (Fsp3) is 0.211. The largest absolute Gasteiger partial charge is 0.497 e. The van der Waals surface area contributed by atoms with Gasteiger partial charge in [0.25, 0.3) is 0 Å². The molecule has 1 N–H and O–H groups in total. The highest BCUT2D eigenvalue weighted by Crippen LogP contribution is 2.39. The maximum atomic E-state index is 13.5. The lowest BCUT2D eigenvalue weighted by Crippen LogP contribution is -2.12. The number of rotatable bonds is 7. The Kier molecular flexibility index (Phi) is 5.65. The number of methoxy groups -OCH3 is 2. The third kappa shape index (κ3) is 4.39. The first kappa shape index (κ1) is 19.2. The van der Waals surface area contributed by atoms with Crippen LogP contribution < -0.4 is 9.47 Å². The van der Waals surface area contributed by atoms with Crippen LogP contribution in [-0.2, 0) is 0 Å². The Morgan fingerprint density at radius 2 is 1.44 bits per heavy atom. The molecule has 1 heterocycles. The van der Waals surface area contributed by atoms with Gasteiger partial charge in [0.05, 0.1) is 25.6 Å². The molecule has 0 unspecified atom stereocenters. The molecule has 1 aromatic heterocycles. The summed E-state index contributed by atoms with van der Waals surface area (Å²) in [4.78, 5) is 7.16. The van der Waals surface area contributed by atoms with Gasteiger partial charge < -0.3 is 14.5 Å². The van der Waals surface area contributed by atoms with Crippen LogP contribution in [0.1, 0.15) is 0 Å². The number of hydrogen-bond acceptors (Lipinski definition) is 4. The minimum absolute atomic E-state index is 0.0608. The average molecular weight is 394 g/mol. The summed E-state index contributed by atoms with van der Waals surface area (Å²) in [5.74, 6) is 1.33. The molecule has 0 saturated carbocycles. The van der Waals surface area contributed by atoms with Crippen molar-refractivity contribution < 1.29 is 22.6 Å². The number of benzene rings is 2. The zero-order chi connectivity index (χ0) is 19.4. The SMILES string of the molecule is COc1ccc(-c2nc(SC(F)(F)CF)[nH]c2-c2ccc(OC)cc2)cc1. The molecule has 0 amide bonds. The second-order valence-corrected chi connectivity index (χ2v) is 6.78. The van der Waals surface area contributed by atoms with Gasteiger partial charge >= 0.3 is 5.25 Å². The maximum absolute atomic E-state index is 13.5. The third-order valence-electron chi connectivity index (χ3n) is 3.83. The molecule has 2 aromatic carbocycles. The highest BCUT2D eigenvalue weighted by molar-refractivity contribution is 8.00. The van der Waals surface area contributed by atoms with Crippen LogP contribution in [0.15, 0.2) is 53.7 Å². The Labute approximate surface area is 158 Å². The van der Waals surface area contributed by atoms with E-state index >= 15 is 0 Å². The van der Waals surface area contributed by atoms with Crippen molar-refractivity contribution in [2.45, 2.75) is 10.4 Å². The van der Waals surface area contributed by atoms with E-state index in [1.54, 1.807) is 62.8 Å². The van der Waals surface area contributed by atoms with E-state index in [4.69, 9.17) is 9.47 Å². The van der Waals surface area contributed by atoms with Crippen molar-refractivity contribution in [1.29, 1.82) is 0 Å². The summed E-state index contributed by atoms with van der Waals surface area (Å²) in [6.45, 7) is -1.77. The summed E-state index contributed by atoms with van der Waals surface area (Å²) >= 11 is 0.0611. The molecule has 0 aliphatic heterocycles. The third-order valence-corrected chi connectivity index (χ3v) is 4.62. The summed E-state index contributed by atoms with van der Waals surface area (Å²) in [6, 6.07) is 14.2. The minimum atomic E-state index is -3.55. The van der Waals surface area contributed by atoms with Crippen LogP contribution >= 0.6 is 11.8 Å². The lowest BCUT2D eigenvalue weighted by molar-refractivity contribution is 0.0738. The van der Waals surface area contributed by atoms with Crippen molar-refractivity contribution in [3.63, 3.8) is 0 Å². The molecule has 0 radical (unpaired) electrons. The van der Waals surface area contributed by atoms with Gasteiger partial charge in [-0.05, 0) is 60.3 Å². The number of H-pyrrole nitrogens is 1. The molecule has 0 aliphatic rings. The van der Waals surface area contributed by atoms with Crippen LogP contribution in [0.5, 0.6) is 11.5 Å². The Balaban J connectivity index is 2.06. The molecule has 142 valence electrons. The first-order valence-electron chi connectivity index (χ1n) is 7.97. The standard InChI is InChI=1S/C19H17F3N2O2S/c1-25-14-7-3-12(4-8-14)16-17(13-5-9-15(26-2)10-6-13)24-18(23-16)27-19(21,22)11-20/h3-10H,11H2,1-2H3,(H,23,24). The quantitative estimate of drug-likeness (QED) is 0.544. The Morgan fingerprint density at radius 1 is 0.926 bits per heavy atom. The van der Waals surface area contributed by atoms with Gasteiger partial charge in [-0.3, -0.25) is 0 Å². The summed E-state index contributed by atoms with van der Waals surface area (Å²) in [7, 11) is 3.11. The first-order chi connectivity index (χ1) is 13.0. The fourth-order valence-electron chi connectivity index (χ4n) is 2.49. The molecule has 8 heteroatoms. The van der Waals surface area contributed by atoms with E-state index in [1.165, 1.54) is 0 Å². The van der Waals surface area contributed by atoms with Crippen LogP contribution in [0.2, 0.25) is 0 Å². The van der Waals surface area contributed by atoms with Crippen molar-refractivity contribution in [2.75, 3.05) is 20.9 Å². The van der Waals surface area contributed by atoms with Gasteiger partial charge in [-0.15, -0.1) is 0 Å². The van der Waals surface area contributed by atoms with E-state index in [9.17, 15) is 13.2 Å². The van der Waals surface area contributed by atoms with E-state index in [2.05, 4.69) is 9.97 Å². The lowest BCUT2D eigenvalue weighted by atomic mass is 10.0. The molecule has 4 nitrogen and oxygen atoms in total. The number of aromatic nitrogens is 2. The number of hydrogen-bond donors (Lipinski definition) is 1. The Morgan fingerprint density at radius 3 is 1.93 bits per heavy atom. The average Bonchev–Trinajstić information content (AvgIpc) is 3.11. The number of ether oxygens (including phenoxy) is 2. The maximum Gasteiger partial charge on any atom is 0.328 e. The van der Waals surface area contributed by atoms with E-state index < -0.39 is 11.9 Å². The van der Waals surface area contributed by atoms with Crippen molar-refractivity contribution in [3.05, 3.63) is 48.5 Å². The zero-order valence-corrected chi connectivity index (χ0v) is 15.4. The molecule has 0 spiro atoms. The second kappa shape index (κ2) is 7.96. The van der Waals surface area contributed by atoms with E-state index in [1.807, 2.05) is 0 Å². The minimum Gasteiger partial charge on any atom is -0.497 e. The molecular formula is C19H17F3N2O2S. The van der Waals surface area contributed by atoms with E-state index in [0.717, 1.165) is 5.56 Å². The van der Waals surface area contributed by atoms with Gasteiger partial charge in [-0.2, -0.15) is 8.78 Å². The number of aromatic amines is 1. The van der Waals surface area contributed by atoms with Gasteiger partial charge in [-0.25, -0.2) is 9.37 Å². The van der Waals surface area contributed by atoms with Crippen molar-refractivity contribution in [3.8, 4) is 34.0 Å². The van der Waals surface area contributed by atoms with Crippen LogP contribution in [-0.4, -0.2) is 36.1 Å². The Hall–Kier alpha value is -2.61. The topological polar surface area (TPSA) is 47.1 Å². The summed E-state index contributed by atoms with van der Waals surface area (Å²) in [5.41, 5.74) is 2.50. The van der Waals surface area contributed by atoms with E-state index in [0.29, 0.717) is 28.5 Å². The molecule has 27 heavy (non-hydrogen) atoms. The van der Waals surface area contributed by atoms with E-state index in [-0.39, 0.29) is 16.9 Å². The monoisotopic (exact) mass is 394 g/mol. The molecule has 3 rings (SSSR count).